The zero-order valence-electron chi connectivity index (χ0n) is 14.2. The van der Waals surface area contributed by atoms with Crippen molar-refractivity contribution < 1.29 is 14.0 Å². The van der Waals surface area contributed by atoms with E-state index in [0.717, 1.165) is 10.6 Å². The Labute approximate surface area is 158 Å². The Bertz CT molecular complexity index is 989. The normalized spacial score (nSPS) is 13.1. The van der Waals surface area contributed by atoms with Crippen LogP contribution in [0.15, 0.2) is 48.7 Å². The highest BCUT2D eigenvalue weighted by molar-refractivity contribution is 7.15. The van der Waals surface area contributed by atoms with Crippen molar-refractivity contribution >= 4 is 28.3 Å². The standard InChI is InChI=1S/C19H15FN4O2S/c20-13-6-4-12(5-7-13)18(26)24-10-8-14-16(11-24)27-19(22-14)23-17(25)15-3-1-2-9-21-15/h1-7,9H,8,10-11H2,(H,22,23,25). The fourth-order valence-electron chi connectivity index (χ4n) is 2.86. The third-order valence-electron chi connectivity index (χ3n) is 4.23. The molecule has 0 aliphatic carbocycles. The lowest BCUT2D eigenvalue weighted by atomic mass is 10.1. The molecule has 4 rings (SSSR count). The van der Waals surface area contributed by atoms with E-state index in [2.05, 4.69) is 15.3 Å². The number of hydrogen-bond acceptors (Lipinski definition) is 5. The van der Waals surface area contributed by atoms with Gasteiger partial charge in [-0.2, -0.15) is 0 Å². The summed E-state index contributed by atoms with van der Waals surface area (Å²) in [6.07, 6.45) is 2.17. The number of amides is 2. The topological polar surface area (TPSA) is 75.2 Å². The first-order valence-electron chi connectivity index (χ1n) is 8.36. The summed E-state index contributed by atoms with van der Waals surface area (Å²) in [5.74, 6) is -0.836. The van der Waals surface area contributed by atoms with Crippen molar-refractivity contribution in [1.82, 2.24) is 14.9 Å². The number of pyridine rings is 1. The van der Waals surface area contributed by atoms with Crippen LogP contribution in [0.25, 0.3) is 0 Å². The number of halogens is 1. The van der Waals surface area contributed by atoms with Gasteiger partial charge in [-0.05, 0) is 36.4 Å². The Hall–Kier alpha value is -3.13. The minimum absolute atomic E-state index is 0.145. The van der Waals surface area contributed by atoms with Gasteiger partial charge in [0.1, 0.15) is 11.5 Å². The third kappa shape index (κ3) is 3.70. The minimum Gasteiger partial charge on any atom is -0.333 e. The second kappa shape index (κ2) is 7.24. The molecule has 8 heteroatoms. The lowest BCUT2D eigenvalue weighted by Crippen LogP contribution is -2.35. The second-order valence-electron chi connectivity index (χ2n) is 6.04. The number of fused-ring (bicyclic) bond motifs is 1. The molecular weight excluding hydrogens is 367 g/mol. The Balaban J connectivity index is 1.47. The molecule has 1 aliphatic rings. The molecule has 2 amide bonds. The van der Waals surface area contributed by atoms with Crippen molar-refractivity contribution in [3.05, 3.63) is 76.3 Å². The maximum Gasteiger partial charge on any atom is 0.276 e. The average molecular weight is 382 g/mol. The van der Waals surface area contributed by atoms with Gasteiger partial charge in [-0.25, -0.2) is 9.37 Å². The SMILES string of the molecule is O=C(Nc1nc2c(s1)CN(C(=O)c1ccc(F)cc1)CC2)c1ccccn1. The van der Waals surface area contributed by atoms with E-state index in [4.69, 9.17) is 0 Å². The van der Waals surface area contributed by atoms with Crippen molar-refractivity contribution in [2.24, 2.45) is 0 Å². The van der Waals surface area contributed by atoms with Crippen LogP contribution in [0.5, 0.6) is 0 Å². The maximum atomic E-state index is 13.0. The average Bonchev–Trinajstić information content (AvgIpc) is 3.10. The third-order valence-corrected chi connectivity index (χ3v) is 5.23. The first-order valence-corrected chi connectivity index (χ1v) is 9.17. The number of benzene rings is 1. The van der Waals surface area contributed by atoms with E-state index in [1.165, 1.54) is 35.6 Å². The Kier molecular flexibility index (Phi) is 4.64. The van der Waals surface area contributed by atoms with Gasteiger partial charge in [0.05, 0.1) is 12.2 Å². The molecule has 0 fully saturated rings. The molecule has 1 aliphatic heterocycles. The van der Waals surface area contributed by atoms with Crippen molar-refractivity contribution in [2.75, 3.05) is 11.9 Å². The summed E-state index contributed by atoms with van der Waals surface area (Å²) in [4.78, 5) is 35.9. The molecule has 0 spiro atoms. The van der Waals surface area contributed by atoms with Crippen LogP contribution in [-0.4, -0.2) is 33.2 Å². The van der Waals surface area contributed by atoms with E-state index < -0.39 is 0 Å². The van der Waals surface area contributed by atoms with E-state index in [0.29, 0.717) is 35.9 Å². The summed E-state index contributed by atoms with van der Waals surface area (Å²) in [7, 11) is 0. The van der Waals surface area contributed by atoms with Crippen LogP contribution >= 0.6 is 11.3 Å². The van der Waals surface area contributed by atoms with Crippen molar-refractivity contribution in [3.63, 3.8) is 0 Å². The van der Waals surface area contributed by atoms with Crippen LogP contribution in [0.3, 0.4) is 0 Å². The van der Waals surface area contributed by atoms with E-state index in [-0.39, 0.29) is 17.6 Å². The van der Waals surface area contributed by atoms with E-state index in [1.54, 1.807) is 29.3 Å². The summed E-state index contributed by atoms with van der Waals surface area (Å²) in [6, 6.07) is 10.6. The predicted octanol–water partition coefficient (Wildman–Crippen LogP) is 3.13. The number of hydrogen-bond donors (Lipinski definition) is 1. The number of carbonyl (C=O) groups is 2. The quantitative estimate of drug-likeness (QED) is 0.755. The highest BCUT2D eigenvalue weighted by Gasteiger charge is 2.25. The fourth-order valence-corrected chi connectivity index (χ4v) is 3.87. The molecule has 3 heterocycles. The van der Waals surface area contributed by atoms with Gasteiger partial charge in [0.2, 0.25) is 0 Å². The van der Waals surface area contributed by atoms with E-state index in [9.17, 15) is 14.0 Å². The summed E-state index contributed by atoms with van der Waals surface area (Å²) >= 11 is 1.35. The molecule has 2 aromatic heterocycles. The van der Waals surface area contributed by atoms with Gasteiger partial charge in [0.25, 0.3) is 11.8 Å². The zero-order valence-corrected chi connectivity index (χ0v) is 15.0. The van der Waals surface area contributed by atoms with E-state index >= 15 is 0 Å². The largest absolute Gasteiger partial charge is 0.333 e. The smallest absolute Gasteiger partial charge is 0.276 e. The molecule has 0 radical (unpaired) electrons. The second-order valence-corrected chi connectivity index (χ2v) is 7.13. The van der Waals surface area contributed by atoms with Crippen LogP contribution in [0.1, 0.15) is 31.4 Å². The summed E-state index contributed by atoms with van der Waals surface area (Å²) in [6.45, 7) is 0.948. The lowest BCUT2D eigenvalue weighted by Gasteiger charge is -2.26. The van der Waals surface area contributed by atoms with Gasteiger partial charge in [-0.3, -0.25) is 19.9 Å². The molecule has 0 saturated carbocycles. The Morgan fingerprint density at radius 3 is 2.70 bits per heavy atom. The number of anilines is 1. The van der Waals surface area contributed by atoms with Crippen molar-refractivity contribution in [3.8, 4) is 0 Å². The zero-order chi connectivity index (χ0) is 18.8. The summed E-state index contributed by atoms with van der Waals surface area (Å²) in [5.41, 5.74) is 1.66. The van der Waals surface area contributed by atoms with Gasteiger partial charge in [0.15, 0.2) is 5.13 Å². The van der Waals surface area contributed by atoms with Gasteiger partial charge in [-0.15, -0.1) is 0 Å². The molecule has 0 unspecified atom stereocenters. The molecule has 6 nitrogen and oxygen atoms in total. The van der Waals surface area contributed by atoms with Crippen LogP contribution in [0.4, 0.5) is 9.52 Å². The van der Waals surface area contributed by atoms with Crippen LogP contribution in [0, 0.1) is 5.82 Å². The van der Waals surface area contributed by atoms with E-state index in [1.807, 2.05) is 0 Å². The number of aromatic nitrogens is 2. The van der Waals surface area contributed by atoms with Crippen molar-refractivity contribution in [2.45, 2.75) is 13.0 Å². The Morgan fingerprint density at radius 1 is 1.15 bits per heavy atom. The highest BCUT2D eigenvalue weighted by Crippen LogP contribution is 2.29. The fraction of sp³-hybridized carbons (Fsp3) is 0.158. The molecule has 27 heavy (non-hydrogen) atoms. The predicted molar refractivity (Wildman–Crippen MR) is 99.1 cm³/mol. The minimum atomic E-state index is -0.372. The van der Waals surface area contributed by atoms with Gasteiger partial charge < -0.3 is 4.90 Å². The first kappa shape index (κ1) is 17.3. The molecule has 0 bridgehead atoms. The molecule has 1 aromatic carbocycles. The Morgan fingerprint density at radius 2 is 1.96 bits per heavy atom. The molecule has 1 N–H and O–H groups in total. The van der Waals surface area contributed by atoms with Gasteiger partial charge in [-0.1, -0.05) is 17.4 Å². The van der Waals surface area contributed by atoms with Crippen LogP contribution < -0.4 is 5.32 Å². The number of nitrogens with zero attached hydrogens (tertiary/aromatic N) is 3. The van der Waals surface area contributed by atoms with Crippen molar-refractivity contribution in [1.29, 1.82) is 0 Å². The molecular formula is C19H15FN4O2S. The van der Waals surface area contributed by atoms with Crippen LogP contribution in [-0.2, 0) is 13.0 Å². The molecule has 0 atom stereocenters. The maximum absolute atomic E-state index is 13.0. The lowest BCUT2D eigenvalue weighted by molar-refractivity contribution is 0.0736. The molecule has 136 valence electrons. The number of nitrogens with one attached hydrogen (secondary N) is 1. The first-order chi connectivity index (χ1) is 13.1. The van der Waals surface area contributed by atoms with Gasteiger partial charge >= 0.3 is 0 Å². The van der Waals surface area contributed by atoms with Crippen LogP contribution in [0.2, 0.25) is 0 Å². The monoisotopic (exact) mass is 382 g/mol. The highest BCUT2D eigenvalue weighted by atomic mass is 32.1. The molecule has 0 saturated heterocycles. The number of thiazole rings is 1. The number of rotatable bonds is 3. The van der Waals surface area contributed by atoms with Gasteiger partial charge in [0, 0.05) is 29.6 Å². The molecule has 3 aromatic rings. The summed E-state index contributed by atoms with van der Waals surface area (Å²) < 4.78 is 13.0. The summed E-state index contributed by atoms with van der Waals surface area (Å²) in [5, 5.41) is 3.25. The number of carbonyl (C=O) groups excluding carboxylic acids is 2.